The van der Waals surface area contributed by atoms with Crippen molar-refractivity contribution < 1.29 is 4.74 Å². The van der Waals surface area contributed by atoms with E-state index in [1.165, 1.54) is 6.42 Å². The SMILES string of the molecule is CCCCOCCS/C(=N/N1C[C@@H]1C)NC. The minimum absolute atomic E-state index is 0.616. The van der Waals surface area contributed by atoms with Gasteiger partial charge in [-0.05, 0) is 13.3 Å². The second-order valence-corrected chi connectivity index (χ2v) is 5.02. The summed E-state index contributed by atoms with van der Waals surface area (Å²) < 4.78 is 5.49. The number of hydrazone groups is 1. The van der Waals surface area contributed by atoms with Crippen LogP contribution < -0.4 is 5.32 Å². The zero-order valence-corrected chi connectivity index (χ0v) is 11.3. The van der Waals surface area contributed by atoms with Crippen LogP contribution in [0.15, 0.2) is 5.10 Å². The predicted octanol–water partition coefficient (Wildman–Crippen LogP) is 1.73. The second-order valence-electron chi connectivity index (χ2n) is 3.94. The molecule has 0 bridgehead atoms. The maximum atomic E-state index is 5.49. The number of nitrogens with one attached hydrogen (secondary N) is 1. The smallest absolute Gasteiger partial charge is 0.180 e. The first-order valence-electron chi connectivity index (χ1n) is 6.01. The zero-order valence-electron chi connectivity index (χ0n) is 10.5. The molecule has 1 aliphatic heterocycles. The summed E-state index contributed by atoms with van der Waals surface area (Å²) in [7, 11) is 1.91. The lowest BCUT2D eigenvalue weighted by atomic mass is 10.4. The third-order valence-corrected chi connectivity index (χ3v) is 3.30. The highest BCUT2D eigenvalue weighted by Crippen LogP contribution is 2.17. The van der Waals surface area contributed by atoms with Crippen LogP contribution in [0.1, 0.15) is 26.7 Å². The molecule has 16 heavy (non-hydrogen) atoms. The summed E-state index contributed by atoms with van der Waals surface area (Å²) in [5.41, 5.74) is 0. The Balaban J connectivity index is 2.03. The maximum Gasteiger partial charge on any atom is 0.180 e. The molecule has 1 aliphatic rings. The van der Waals surface area contributed by atoms with Gasteiger partial charge in [-0.2, -0.15) is 5.10 Å². The minimum atomic E-state index is 0.616. The summed E-state index contributed by atoms with van der Waals surface area (Å²) in [6.45, 7) is 7.12. The third kappa shape index (κ3) is 5.61. The zero-order chi connectivity index (χ0) is 11.8. The van der Waals surface area contributed by atoms with Crippen molar-refractivity contribution in [3.05, 3.63) is 0 Å². The molecule has 1 heterocycles. The van der Waals surface area contributed by atoms with Crippen molar-refractivity contribution in [3.63, 3.8) is 0 Å². The Labute approximate surface area is 103 Å². The molecule has 0 aromatic carbocycles. The molecule has 94 valence electrons. The number of rotatable bonds is 7. The van der Waals surface area contributed by atoms with Crippen LogP contribution in [0.2, 0.25) is 0 Å². The Morgan fingerprint density at radius 2 is 2.31 bits per heavy atom. The first kappa shape index (κ1) is 13.6. The normalized spacial score (nSPS) is 20.1. The van der Waals surface area contributed by atoms with Crippen LogP contribution >= 0.6 is 11.8 Å². The molecular weight excluding hydrogens is 222 g/mol. The molecule has 1 rings (SSSR count). The fraction of sp³-hybridized carbons (Fsp3) is 0.909. The van der Waals surface area contributed by atoms with Gasteiger partial charge in [0.2, 0.25) is 0 Å². The Morgan fingerprint density at radius 3 is 2.88 bits per heavy atom. The van der Waals surface area contributed by atoms with E-state index >= 15 is 0 Å². The van der Waals surface area contributed by atoms with Gasteiger partial charge >= 0.3 is 0 Å². The van der Waals surface area contributed by atoms with E-state index in [2.05, 4.69) is 29.3 Å². The van der Waals surface area contributed by atoms with E-state index in [1.54, 1.807) is 11.8 Å². The van der Waals surface area contributed by atoms with Crippen LogP contribution in [-0.4, -0.2) is 48.8 Å². The van der Waals surface area contributed by atoms with Crippen molar-refractivity contribution in [1.82, 2.24) is 10.3 Å². The number of hydrogen-bond donors (Lipinski definition) is 1. The van der Waals surface area contributed by atoms with Gasteiger partial charge in [-0.3, -0.25) is 5.01 Å². The van der Waals surface area contributed by atoms with Gasteiger partial charge in [0.1, 0.15) is 0 Å². The maximum absolute atomic E-state index is 5.49. The third-order valence-electron chi connectivity index (χ3n) is 2.37. The summed E-state index contributed by atoms with van der Waals surface area (Å²) in [4.78, 5) is 0. The van der Waals surface area contributed by atoms with Crippen LogP contribution in [0.3, 0.4) is 0 Å². The highest BCUT2D eigenvalue weighted by molar-refractivity contribution is 8.13. The van der Waals surface area contributed by atoms with Crippen molar-refractivity contribution in [1.29, 1.82) is 0 Å². The molecule has 0 aliphatic carbocycles. The fourth-order valence-electron chi connectivity index (χ4n) is 1.18. The van der Waals surface area contributed by atoms with E-state index in [0.29, 0.717) is 6.04 Å². The number of thioether (sulfide) groups is 1. The van der Waals surface area contributed by atoms with Gasteiger partial charge in [0.15, 0.2) is 5.17 Å². The van der Waals surface area contributed by atoms with E-state index in [4.69, 9.17) is 4.74 Å². The fourth-order valence-corrected chi connectivity index (χ4v) is 1.88. The molecule has 5 heteroatoms. The van der Waals surface area contributed by atoms with Crippen molar-refractivity contribution >= 4 is 16.9 Å². The van der Waals surface area contributed by atoms with Gasteiger partial charge in [0, 0.05) is 19.4 Å². The Bertz CT molecular complexity index is 223. The van der Waals surface area contributed by atoms with Gasteiger partial charge in [-0.15, -0.1) is 0 Å². The monoisotopic (exact) mass is 245 g/mol. The number of ether oxygens (including phenoxy) is 1. The first-order chi connectivity index (χ1) is 7.77. The topological polar surface area (TPSA) is 36.6 Å². The molecule has 0 radical (unpaired) electrons. The van der Waals surface area contributed by atoms with Gasteiger partial charge in [0.05, 0.1) is 19.2 Å². The largest absolute Gasteiger partial charge is 0.381 e. The molecule has 1 atom stereocenters. The summed E-state index contributed by atoms with van der Waals surface area (Å²) in [6.07, 6.45) is 2.35. The van der Waals surface area contributed by atoms with Gasteiger partial charge in [0.25, 0.3) is 0 Å². The van der Waals surface area contributed by atoms with Gasteiger partial charge in [-0.25, -0.2) is 0 Å². The first-order valence-corrected chi connectivity index (χ1v) is 7.00. The van der Waals surface area contributed by atoms with Crippen LogP contribution in [-0.2, 0) is 4.74 Å². The summed E-state index contributed by atoms with van der Waals surface area (Å²) in [5, 5.41) is 10.6. The standard InChI is InChI=1S/C11H23N3OS/c1-4-5-6-15-7-8-16-11(12-3)13-14-9-10(14)2/h10H,4-9H2,1-3H3,(H,12,13)/t10-,14?/m0/s1. The van der Waals surface area contributed by atoms with Crippen molar-refractivity contribution in [2.24, 2.45) is 5.10 Å². The molecule has 0 spiro atoms. The Hall–Kier alpha value is -0.420. The summed E-state index contributed by atoms with van der Waals surface area (Å²) in [5.74, 6) is 0.964. The molecule has 4 nitrogen and oxygen atoms in total. The van der Waals surface area contributed by atoms with E-state index in [1.807, 2.05) is 7.05 Å². The number of amidine groups is 1. The molecule has 0 amide bonds. The highest BCUT2D eigenvalue weighted by Gasteiger charge is 2.27. The summed E-state index contributed by atoms with van der Waals surface area (Å²) in [6, 6.07) is 0.616. The Morgan fingerprint density at radius 1 is 1.56 bits per heavy atom. The second kappa shape index (κ2) is 7.79. The van der Waals surface area contributed by atoms with E-state index in [0.717, 1.165) is 37.1 Å². The van der Waals surface area contributed by atoms with E-state index in [9.17, 15) is 0 Å². The van der Waals surface area contributed by atoms with Gasteiger partial charge in [-0.1, -0.05) is 25.1 Å². The lowest BCUT2D eigenvalue weighted by molar-refractivity contribution is 0.147. The molecule has 0 saturated carbocycles. The van der Waals surface area contributed by atoms with Crippen molar-refractivity contribution in [2.45, 2.75) is 32.7 Å². The van der Waals surface area contributed by atoms with Crippen LogP contribution in [0, 0.1) is 0 Å². The molecular formula is C11H23N3OS. The minimum Gasteiger partial charge on any atom is -0.381 e. The molecule has 0 unspecified atom stereocenters. The average molecular weight is 245 g/mol. The van der Waals surface area contributed by atoms with E-state index in [-0.39, 0.29) is 0 Å². The summed E-state index contributed by atoms with van der Waals surface area (Å²) >= 11 is 1.72. The van der Waals surface area contributed by atoms with Crippen LogP contribution in [0.25, 0.3) is 0 Å². The quantitative estimate of drug-likeness (QED) is 0.321. The van der Waals surface area contributed by atoms with E-state index < -0.39 is 0 Å². The molecule has 1 fully saturated rings. The lowest BCUT2D eigenvalue weighted by Crippen LogP contribution is -2.17. The van der Waals surface area contributed by atoms with Crippen molar-refractivity contribution in [3.8, 4) is 0 Å². The average Bonchev–Trinajstić information content (AvgIpc) is 2.97. The number of hydrogen-bond acceptors (Lipinski definition) is 4. The Kier molecular flexibility index (Phi) is 6.64. The van der Waals surface area contributed by atoms with Crippen LogP contribution in [0.5, 0.6) is 0 Å². The molecule has 1 N–H and O–H groups in total. The number of unbranched alkanes of at least 4 members (excludes halogenated alkanes) is 1. The molecule has 0 aromatic rings. The predicted molar refractivity (Wildman–Crippen MR) is 70.8 cm³/mol. The highest BCUT2D eigenvalue weighted by atomic mass is 32.2. The van der Waals surface area contributed by atoms with Crippen LogP contribution in [0.4, 0.5) is 0 Å². The molecule has 1 saturated heterocycles. The molecule has 0 aromatic heterocycles. The lowest BCUT2D eigenvalue weighted by Gasteiger charge is -2.06. The van der Waals surface area contributed by atoms with Crippen molar-refractivity contribution in [2.75, 3.05) is 32.6 Å². The number of nitrogens with zero attached hydrogens (tertiary/aromatic N) is 2. The van der Waals surface area contributed by atoms with Gasteiger partial charge < -0.3 is 10.1 Å².